The molecule has 0 saturated heterocycles. The van der Waals surface area contributed by atoms with Gasteiger partial charge < -0.3 is 10.2 Å². The quantitative estimate of drug-likeness (QED) is 0.711. The molecule has 5 heteroatoms. The molecular formula is C8H9ClO4. The summed E-state index contributed by atoms with van der Waals surface area (Å²) in [5, 5.41) is 17.9. The minimum atomic E-state index is -1.10. The Hall–Kier alpha value is -1.03. The first-order chi connectivity index (χ1) is 6.02. The molecule has 13 heavy (non-hydrogen) atoms. The lowest BCUT2D eigenvalue weighted by molar-refractivity contribution is -0.153. The molecule has 1 aliphatic carbocycles. The summed E-state index contributed by atoms with van der Waals surface area (Å²) in [5.74, 6) is -3.92. The van der Waals surface area contributed by atoms with Gasteiger partial charge in [-0.15, -0.1) is 0 Å². The van der Waals surface area contributed by atoms with Gasteiger partial charge in [-0.2, -0.15) is 0 Å². The summed E-state index contributed by atoms with van der Waals surface area (Å²) in [4.78, 5) is 21.3. The summed E-state index contributed by atoms with van der Waals surface area (Å²) in [5.41, 5.74) is 0. The molecule has 0 aromatic rings. The standard InChI is InChI=1S/C8H9ClO4/c9-4-1-2-5(7(10)11)6(3-4)8(12)13/h1,5-6H,2-3H2,(H,10,11)(H,12,13)/t5-,6+/m1/s1. The Kier molecular flexibility index (Phi) is 2.93. The molecule has 0 aromatic heterocycles. The van der Waals surface area contributed by atoms with Gasteiger partial charge in [0.15, 0.2) is 0 Å². The largest absolute Gasteiger partial charge is 0.481 e. The summed E-state index contributed by atoms with van der Waals surface area (Å²) in [6.45, 7) is 0. The topological polar surface area (TPSA) is 74.6 Å². The van der Waals surface area contributed by atoms with E-state index in [0.717, 1.165) is 0 Å². The maximum atomic E-state index is 10.7. The summed E-state index contributed by atoms with van der Waals surface area (Å²) in [6, 6.07) is 0. The van der Waals surface area contributed by atoms with Gasteiger partial charge in [0.25, 0.3) is 0 Å². The second-order valence-corrected chi connectivity index (χ2v) is 3.47. The van der Waals surface area contributed by atoms with Gasteiger partial charge in [0, 0.05) is 5.03 Å². The Morgan fingerprint density at radius 2 is 1.85 bits per heavy atom. The van der Waals surface area contributed by atoms with E-state index in [-0.39, 0.29) is 12.8 Å². The highest BCUT2D eigenvalue weighted by molar-refractivity contribution is 6.29. The van der Waals surface area contributed by atoms with Crippen LogP contribution >= 0.6 is 11.6 Å². The fourth-order valence-corrected chi connectivity index (χ4v) is 1.64. The van der Waals surface area contributed by atoms with Crippen molar-refractivity contribution in [3.63, 3.8) is 0 Å². The molecule has 0 bridgehead atoms. The lowest BCUT2D eigenvalue weighted by Gasteiger charge is -2.22. The summed E-state index contributed by atoms with van der Waals surface area (Å²) in [6.07, 6.45) is 1.89. The first-order valence-electron chi connectivity index (χ1n) is 3.82. The third-order valence-corrected chi connectivity index (χ3v) is 2.44. The zero-order chi connectivity index (χ0) is 10.0. The van der Waals surface area contributed by atoms with E-state index in [1.165, 1.54) is 0 Å². The average Bonchev–Trinajstić information content (AvgIpc) is 2.03. The van der Waals surface area contributed by atoms with Crippen molar-refractivity contribution in [2.45, 2.75) is 12.8 Å². The van der Waals surface area contributed by atoms with Crippen LogP contribution in [0.15, 0.2) is 11.1 Å². The Balaban J connectivity index is 2.83. The van der Waals surface area contributed by atoms with E-state index in [0.29, 0.717) is 5.03 Å². The van der Waals surface area contributed by atoms with Gasteiger partial charge in [0.2, 0.25) is 0 Å². The predicted octanol–water partition coefficient (Wildman–Crippen LogP) is 1.30. The molecule has 0 spiro atoms. The Morgan fingerprint density at radius 1 is 1.31 bits per heavy atom. The van der Waals surface area contributed by atoms with Crippen LogP contribution in [0.1, 0.15) is 12.8 Å². The summed E-state index contributed by atoms with van der Waals surface area (Å²) < 4.78 is 0. The van der Waals surface area contributed by atoms with E-state index in [4.69, 9.17) is 21.8 Å². The van der Waals surface area contributed by atoms with Gasteiger partial charge in [0.05, 0.1) is 11.8 Å². The van der Waals surface area contributed by atoms with Crippen molar-refractivity contribution in [3.8, 4) is 0 Å². The van der Waals surface area contributed by atoms with Crippen LogP contribution in [-0.2, 0) is 9.59 Å². The molecule has 0 unspecified atom stereocenters. The van der Waals surface area contributed by atoms with Gasteiger partial charge in [0.1, 0.15) is 0 Å². The van der Waals surface area contributed by atoms with Gasteiger partial charge in [-0.25, -0.2) is 0 Å². The predicted molar refractivity (Wildman–Crippen MR) is 45.4 cm³/mol. The number of allylic oxidation sites excluding steroid dienone is 2. The average molecular weight is 205 g/mol. The van der Waals surface area contributed by atoms with Crippen LogP contribution in [0.25, 0.3) is 0 Å². The van der Waals surface area contributed by atoms with E-state index < -0.39 is 23.8 Å². The van der Waals surface area contributed by atoms with Crippen LogP contribution in [0.5, 0.6) is 0 Å². The number of carboxylic acid groups (broad SMARTS) is 2. The third kappa shape index (κ3) is 2.21. The molecule has 0 aliphatic heterocycles. The van der Waals surface area contributed by atoms with Crippen molar-refractivity contribution >= 4 is 23.5 Å². The second kappa shape index (κ2) is 3.79. The van der Waals surface area contributed by atoms with Crippen molar-refractivity contribution in [1.82, 2.24) is 0 Å². The first kappa shape index (κ1) is 10.1. The van der Waals surface area contributed by atoms with Crippen LogP contribution in [0.3, 0.4) is 0 Å². The zero-order valence-electron chi connectivity index (χ0n) is 6.74. The van der Waals surface area contributed by atoms with Crippen LogP contribution in [0.4, 0.5) is 0 Å². The molecule has 0 heterocycles. The maximum Gasteiger partial charge on any atom is 0.307 e. The number of carboxylic acids is 2. The van der Waals surface area contributed by atoms with Gasteiger partial charge in [-0.3, -0.25) is 9.59 Å². The van der Waals surface area contributed by atoms with Crippen molar-refractivity contribution in [2.24, 2.45) is 11.8 Å². The third-order valence-electron chi connectivity index (χ3n) is 2.13. The number of hydrogen-bond donors (Lipinski definition) is 2. The van der Waals surface area contributed by atoms with E-state index in [1.807, 2.05) is 0 Å². The second-order valence-electron chi connectivity index (χ2n) is 2.98. The minimum absolute atomic E-state index is 0.119. The molecule has 2 atom stereocenters. The van der Waals surface area contributed by atoms with E-state index in [9.17, 15) is 9.59 Å². The van der Waals surface area contributed by atoms with E-state index >= 15 is 0 Å². The van der Waals surface area contributed by atoms with Crippen molar-refractivity contribution in [3.05, 3.63) is 11.1 Å². The molecule has 0 amide bonds. The van der Waals surface area contributed by atoms with Gasteiger partial charge in [-0.05, 0) is 12.8 Å². The minimum Gasteiger partial charge on any atom is -0.481 e. The molecule has 4 nitrogen and oxygen atoms in total. The Bertz CT molecular complexity index is 271. The molecule has 0 aromatic carbocycles. The van der Waals surface area contributed by atoms with Crippen LogP contribution in [0.2, 0.25) is 0 Å². The fourth-order valence-electron chi connectivity index (χ4n) is 1.39. The highest BCUT2D eigenvalue weighted by Gasteiger charge is 2.35. The number of halogens is 1. The lowest BCUT2D eigenvalue weighted by Crippen LogP contribution is -2.31. The Labute approximate surface area is 79.8 Å². The Morgan fingerprint density at radius 3 is 2.31 bits per heavy atom. The molecule has 2 N–H and O–H groups in total. The lowest BCUT2D eigenvalue weighted by atomic mass is 9.83. The van der Waals surface area contributed by atoms with Crippen molar-refractivity contribution in [1.29, 1.82) is 0 Å². The molecule has 72 valence electrons. The van der Waals surface area contributed by atoms with Gasteiger partial charge >= 0.3 is 11.9 Å². The van der Waals surface area contributed by atoms with Gasteiger partial charge in [-0.1, -0.05) is 17.7 Å². The monoisotopic (exact) mass is 204 g/mol. The van der Waals surface area contributed by atoms with E-state index in [1.54, 1.807) is 6.08 Å². The smallest absolute Gasteiger partial charge is 0.307 e. The normalized spacial score (nSPS) is 27.9. The molecule has 1 rings (SSSR count). The van der Waals surface area contributed by atoms with E-state index in [2.05, 4.69) is 0 Å². The first-order valence-corrected chi connectivity index (χ1v) is 4.20. The molecule has 0 fully saturated rings. The zero-order valence-corrected chi connectivity index (χ0v) is 7.49. The number of hydrogen-bond acceptors (Lipinski definition) is 2. The van der Waals surface area contributed by atoms with Crippen molar-refractivity contribution in [2.75, 3.05) is 0 Å². The fraction of sp³-hybridized carbons (Fsp3) is 0.500. The summed E-state index contributed by atoms with van der Waals surface area (Å²) >= 11 is 5.63. The highest BCUT2D eigenvalue weighted by Crippen LogP contribution is 2.31. The number of rotatable bonds is 2. The van der Waals surface area contributed by atoms with Crippen molar-refractivity contribution < 1.29 is 19.8 Å². The molecular weight excluding hydrogens is 196 g/mol. The molecule has 1 aliphatic rings. The van der Waals surface area contributed by atoms with Crippen LogP contribution < -0.4 is 0 Å². The molecule has 0 radical (unpaired) electrons. The number of aliphatic carboxylic acids is 2. The number of carbonyl (C=O) groups is 2. The maximum absolute atomic E-state index is 10.7. The van der Waals surface area contributed by atoms with Crippen LogP contribution in [-0.4, -0.2) is 22.2 Å². The summed E-state index contributed by atoms with van der Waals surface area (Å²) in [7, 11) is 0. The van der Waals surface area contributed by atoms with Crippen LogP contribution in [0, 0.1) is 11.8 Å². The highest BCUT2D eigenvalue weighted by atomic mass is 35.5. The SMILES string of the molecule is O=C(O)[C@H]1CC(Cl)=CC[C@H]1C(=O)O. The molecule has 0 saturated carbocycles.